The molecule has 1 aromatic rings. The van der Waals surface area contributed by atoms with Gasteiger partial charge in [-0.05, 0) is 12.1 Å². The van der Waals surface area contributed by atoms with Gasteiger partial charge in [0.05, 0.1) is 16.9 Å². The van der Waals surface area contributed by atoms with Gasteiger partial charge in [-0.15, -0.1) is 0 Å². The third-order valence-corrected chi connectivity index (χ3v) is 1.79. The first-order valence-corrected chi connectivity index (χ1v) is 4.61. The third kappa shape index (κ3) is 2.91. The highest BCUT2D eigenvalue weighted by molar-refractivity contribution is 6.02. The van der Waals surface area contributed by atoms with E-state index in [1.807, 2.05) is 0 Å². The Kier molecular flexibility index (Phi) is 3.77. The van der Waals surface area contributed by atoms with Crippen LogP contribution in [0.25, 0.3) is 0 Å². The minimum absolute atomic E-state index is 0.132. The molecule has 0 bridgehead atoms. The molecule has 2 amide bonds. The minimum Gasteiger partial charge on any atom is -0.326 e. The Balaban J connectivity index is 3.14. The van der Waals surface area contributed by atoms with Crippen molar-refractivity contribution in [1.29, 1.82) is 0 Å². The number of benzene rings is 1. The Bertz CT molecular complexity index is 407. The lowest BCUT2D eigenvalue weighted by atomic mass is 10.1. The van der Waals surface area contributed by atoms with Crippen LogP contribution in [0.1, 0.15) is 19.4 Å². The summed E-state index contributed by atoms with van der Waals surface area (Å²) < 4.78 is 0. The normalized spacial score (nSPS) is 9.38. The third-order valence-electron chi connectivity index (χ3n) is 1.79. The molecule has 1 rings (SSSR count). The first kappa shape index (κ1) is 11.9. The summed E-state index contributed by atoms with van der Waals surface area (Å²) in [7, 11) is 0. The molecule has 0 fully saturated rings. The van der Waals surface area contributed by atoms with E-state index in [4.69, 9.17) is 0 Å². The summed E-state index contributed by atoms with van der Waals surface area (Å²) in [6.07, 6.45) is 1.70. The fraction of sp³-hybridized carbons (Fsp3) is 0.182. The van der Waals surface area contributed by atoms with E-state index in [-0.39, 0.29) is 17.4 Å². The summed E-state index contributed by atoms with van der Waals surface area (Å²) in [5.41, 5.74) is 0.787. The molecule has 0 saturated heterocycles. The topological polar surface area (TPSA) is 75.3 Å². The van der Waals surface area contributed by atoms with Crippen LogP contribution in [0.4, 0.5) is 11.4 Å². The van der Waals surface area contributed by atoms with Gasteiger partial charge in [0.2, 0.25) is 18.1 Å². The fourth-order valence-electron chi connectivity index (χ4n) is 1.25. The summed E-state index contributed by atoms with van der Waals surface area (Å²) in [6, 6.07) is 4.75. The summed E-state index contributed by atoms with van der Waals surface area (Å²) >= 11 is 0. The molecule has 0 saturated carbocycles. The molecule has 0 aliphatic carbocycles. The van der Waals surface area contributed by atoms with Crippen LogP contribution in [-0.4, -0.2) is 18.1 Å². The van der Waals surface area contributed by atoms with Crippen molar-refractivity contribution < 1.29 is 14.4 Å². The van der Waals surface area contributed by atoms with E-state index >= 15 is 0 Å². The van der Waals surface area contributed by atoms with E-state index < -0.39 is 0 Å². The summed E-state index contributed by atoms with van der Waals surface area (Å²) in [5, 5.41) is 4.97. The number of rotatable bonds is 3. The zero-order valence-corrected chi connectivity index (χ0v) is 8.96. The molecular formula is C11H11N2O3. The number of hydrogen-bond acceptors (Lipinski definition) is 3. The molecule has 0 aliphatic heterocycles. The first-order valence-electron chi connectivity index (χ1n) is 4.61. The van der Waals surface area contributed by atoms with Crippen molar-refractivity contribution in [2.75, 3.05) is 10.6 Å². The Labute approximate surface area is 92.8 Å². The van der Waals surface area contributed by atoms with E-state index in [1.165, 1.54) is 13.8 Å². The van der Waals surface area contributed by atoms with Crippen LogP contribution in [0.2, 0.25) is 0 Å². The maximum atomic E-state index is 10.9. The van der Waals surface area contributed by atoms with Gasteiger partial charge < -0.3 is 10.6 Å². The monoisotopic (exact) mass is 219 g/mol. The SMILES string of the molecule is CC(=O)Nc1cccc(NC(C)=O)c1[C]=O. The number of carbonyl (C=O) groups excluding carboxylic acids is 3. The lowest BCUT2D eigenvalue weighted by Gasteiger charge is -2.09. The van der Waals surface area contributed by atoms with Crippen LogP contribution in [-0.2, 0) is 14.4 Å². The van der Waals surface area contributed by atoms with Crippen molar-refractivity contribution in [3.8, 4) is 0 Å². The second-order valence-corrected chi connectivity index (χ2v) is 3.19. The van der Waals surface area contributed by atoms with Crippen LogP contribution in [0.3, 0.4) is 0 Å². The van der Waals surface area contributed by atoms with Gasteiger partial charge in [0.1, 0.15) is 0 Å². The molecule has 2 N–H and O–H groups in total. The number of amides is 2. The highest BCUT2D eigenvalue weighted by Crippen LogP contribution is 2.22. The summed E-state index contributed by atoms with van der Waals surface area (Å²) in [4.78, 5) is 32.6. The van der Waals surface area contributed by atoms with Gasteiger partial charge in [0, 0.05) is 13.8 Å². The van der Waals surface area contributed by atoms with Gasteiger partial charge >= 0.3 is 0 Å². The van der Waals surface area contributed by atoms with Crippen molar-refractivity contribution in [2.45, 2.75) is 13.8 Å². The summed E-state index contributed by atoms with van der Waals surface area (Å²) in [5.74, 6) is -0.590. The average molecular weight is 219 g/mol. The zero-order valence-electron chi connectivity index (χ0n) is 8.96. The van der Waals surface area contributed by atoms with Gasteiger partial charge in [-0.2, -0.15) is 0 Å². The number of hydrogen-bond donors (Lipinski definition) is 2. The van der Waals surface area contributed by atoms with Crippen molar-refractivity contribution in [2.24, 2.45) is 0 Å². The molecule has 83 valence electrons. The fourth-order valence-corrected chi connectivity index (χ4v) is 1.25. The van der Waals surface area contributed by atoms with Crippen LogP contribution in [0.15, 0.2) is 18.2 Å². The zero-order chi connectivity index (χ0) is 12.1. The first-order chi connectivity index (χ1) is 7.54. The van der Waals surface area contributed by atoms with Crippen molar-refractivity contribution in [3.63, 3.8) is 0 Å². The number of nitrogens with one attached hydrogen (secondary N) is 2. The molecule has 0 aliphatic rings. The molecular weight excluding hydrogens is 208 g/mol. The summed E-state index contributed by atoms with van der Waals surface area (Å²) in [6.45, 7) is 2.67. The molecule has 16 heavy (non-hydrogen) atoms. The molecule has 1 aromatic carbocycles. The van der Waals surface area contributed by atoms with E-state index in [1.54, 1.807) is 24.5 Å². The average Bonchev–Trinajstić information content (AvgIpc) is 2.16. The van der Waals surface area contributed by atoms with Gasteiger partial charge in [-0.3, -0.25) is 14.4 Å². The Morgan fingerprint density at radius 2 is 1.50 bits per heavy atom. The molecule has 1 radical (unpaired) electrons. The van der Waals surface area contributed by atoms with Gasteiger partial charge in [0.15, 0.2) is 0 Å². The van der Waals surface area contributed by atoms with E-state index in [0.717, 1.165) is 0 Å². The van der Waals surface area contributed by atoms with Gasteiger partial charge in [0.25, 0.3) is 0 Å². The standard InChI is InChI=1S/C11H11N2O3/c1-7(15)12-10-4-3-5-11(9(10)6-14)13-8(2)16/h3-5H,1-2H3,(H,12,15)(H,13,16). The molecule has 0 aromatic heterocycles. The number of anilines is 2. The van der Waals surface area contributed by atoms with E-state index in [2.05, 4.69) is 10.6 Å². The van der Waals surface area contributed by atoms with E-state index in [0.29, 0.717) is 11.4 Å². The molecule has 5 nitrogen and oxygen atoms in total. The lowest BCUT2D eigenvalue weighted by molar-refractivity contribution is -0.115. The predicted octanol–water partition coefficient (Wildman–Crippen LogP) is 1.06. The smallest absolute Gasteiger partial charge is 0.237 e. The molecule has 0 heterocycles. The van der Waals surface area contributed by atoms with Crippen LogP contribution < -0.4 is 10.6 Å². The maximum Gasteiger partial charge on any atom is 0.237 e. The number of carbonyl (C=O) groups is 2. The van der Waals surface area contributed by atoms with Crippen LogP contribution in [0, 0.1) is 0 Å². The highest BCUT2D eigenvalue weighted by Gasteiger charge is 2.10. The maximum absolute atomic E-state index is 10.9. The molecule has 0 spiro atoms. The molecule has 0 atom stereocenters. The van der Waals surface area contributed by atoms with Crippen molar-refractivity contribution in [3.05, 3.63) is 23.8 Å². The molecule has 5 heteroatoms. The Morgan fingerprint density at radius 3 is 1.81 bits per heavy atom. The Hall–Kier alpha value is -2.17. The van der Waals surface area contributed by atoms with Crippen LogP contribution in [0.5, 0.6) is 0 Å². The predicted molar refractivity (Wildman–Crippen MR) is 59.8 cm³/mol. The second-order valence-electron chi connectivity index (χ2n) is 3.19. The van der Waals surface area contributed by atoms with Gasteiger partial charge in [-0.1, -0.05) is 6.07 Å². The van der Waals surface area contributed by atoms with Gasteiger partial charge in [-0.25, -0.2) is 0 Å². The van der Waals surface area contributed by atoms with Crippen molar-refractivity contribution >= 4 is 29.5 Å². The largest absolute Gasteiger partial charge is 0.326 e. The lowest BCUT2D eigenvalue weighted by Crippen LogP contribution is -2.12. The highest BCUT2D eigenvalue weighted by atomic mass is 16.2. The quantitative estimate of drug-likeness (QED) is 0.798. The Morgan fingerprint density at radius 1 is 1.06 bits per heavy atom. The van der Waals surface area contributed by atoms with E-state index in [9.17, 15) is 14.4 Å². The second kappa shape index (κ2) is 5.06. The van der Waals surface area contributed by atoms with Crippen molar-refractivity contribution in [1.82, 2.24) is 0 Å². The minimum atomic E-state index is -0.295. The molecule has 0 unspecified atom stereocenters. The van der Waals surface area contributed by atoms with Crippen LogP contribution >= 0.6 is 0 Å².